The van der Waals surface area contributed by atoms with Gasteiger partial charge >= 0.3 is 5.97 Å². The quantitative estimate of drug-likeness (QED) is 0.354. The molecule has 3 aromatic carbocycles. The topological polar surface area (TPSA) is 72.9 Å². The van der Waals surface area contributed by atoms with Gasteiger partial charge in [-0.1, -0.05) is 31.2 Å². The molecule has 0 saturated carbocycles. The number of aryl methyl sites for hydroxylation is 1. The lowest BCUT2D eigenvalue weighted by atomic mass is 10.1. The maximum Gasteiger partial charge on any atom is 0.349 e. The summed E-state index contributed by atoms with van der Waals surface area (Å²) in [6.45, 7) is 1.83. The van der Waals surface area contributed by atoms with E-state index in [0.717, 1.165) is 11.3 Å². The molecule has 0 aliphatic carbocycles. The molecule has 6 heteroatoms. The Morgan fingerprint density at radius 2 is 1.37 bits per heavy atom. The molecule has 0 N–H and O–H groups in total. The third kappa shape index (κ3) is 3.80. The van der Waals surface area contributed by atoms with E-state index in [1.807, 2.05) is 24.3 Å². The van der Waals surface area contributed by atoms with Gasteiger partial charge in [-0.05, 0) is 60.5 Å². The number of nitrogens with zero attached hydrogens (tertiary/aromatic N) is 1. The molecule has 1 heterocycles. The number of imide groups is 1. The van der Waals surface area contributed by atoms with Crippen LogP contribution in [0.2, 0.25) is 0 Å². The highest BCUT2D eigenvalue weighted by Crippen LogP contribution is 2.29. The number of esters is 1. The predicted octanol–water partition coefficient (Wildman–Crippen LogP) is 4.03. The van der Waals surface area contributed by atoms with Crippen LogP contribution >= 0.6 is 0 Å². The van der Waals surface area contributed by atoms with Crippen molar-refractivity contribution in [2.24, 2.45) is 0 Å². The average molecular weight is 401 g/mol. The SMILES string of the molecule is CCc1ccc(OCC(=O)Oc2ccc(N3C(=O)c4ccccc4C3=O)cc2)cc1. The minimum absolute atomic E-state index is 0.231. The van der Waals surface area contributed by atoms with Gasteiger partial charge in [0.2, 0.25) is 0 Å². The van der Waals surface area contributed by atoms with E-state index in [1.165, 1.54) is 17.7 Å². The number of ether oxygens (including phenoxy) is 2. The monoisotopic (exact) mass is 401 g/mol. The lowest BCUT2D eigenvalue weighted by Crippen LogP contribution is -2.29. The van der Waals surface area contributed by atoms with Crippen molar-refractivity contribution in [3.05, 3.63) is 89.5 Å². The number of hydrogen-bond donors (Lipinski definition) is 0. The summed E-state index contributed by atoms with van der Waals surface area (Å²) in [5, 5.41) is 0. The Kier molecular flexibility index (Phi) is 5.30. The van der Waals surface area contributed by atoms with Gasteiger partial charge in [0.05, 0.1) is 16.8 Å². The van der Waals surface area contributed by atoms with E-state index in [0.29, 0.717) is 28.3 Å². The van der Waals surface area contributed by atoms with Gasteiger partial charge in [0.25, 0.3) is 11.8 Å². The molecule has 4 rings (SSSR count). The van der Waals surface area contributed by atoms with Crippen molar-refractivity contribution < 1.29 is 23.9 Å². The van der Waals surface area contributed by atoms with E-state index in [1.54, 1.807) is 36.4 Å². The van der Waals surface area contributed by atoms with Gasteiger partial charge in [-0.25, -0.2) is 9.69 Å². The molecule has 0 aromatic heterocycles. The van der Waals surface area contributed by atoms with Gasteiger partial charge < -0.3 is 9.47 Å². The number of carbonyl (C=O) groups is 3. The number of carbonyl (C=O) groups excluding carboxylic acids is 3. The first-order valence-electron chi connectivity index (χ1n) is 9.57. The summed E-state index contributed by atoms with van der Waals surface area (Å²) in [6.07, 6.45) is 0.930. The van der Waals surface area contributed by atoms with Crippen LogP contribution in [0, 0.1) is 0 Å². The zero-order valence-electron chi connectivity index (χ0n) is 16.3. The van der Waals surface area contributed by atoms with Crippen LogP contribution in [0.25, 0.3) is 0 Å². The third-order valence-corrected chi connectivity index (χ3v) is 4.81. The van der Waals surface area contributed by atoms with E-state index in [-0.39, 0.29) is 18.4 Å². The number of hydrogen-bond acceptors (Lipinski definition) is 5. The predicted molar refractivity (Wildman–Crippen MR) is 111 cm³/mol. The van der Waals surface area contributed by atoms with Crippen LogP contribution < -0.4 is 14.4 Å². The van der Waals surface area contributed by atoms with Crippen LogP contribution in [0.5, 0.6) is 11.5 Å². The first-order valence-corrected chi connectivity index (χ1v) is 9.57. The maximum absolute atomic E-state index is 12.5. The van der Waals surface area contributed by atoms with Gasteiger partial charge in [-0.3, -0.25) is 9.59 Å². The molecule has 1 aliphatic heterocycles. The largest absolute Gasteiger partial charge is 0.482 e. The van der Waals surface area contributed by atoms with E-state index >= 15 is 0 Å². The summed E-state index contributed by atoms with van der Waals surface area (Å²) in [7, 11) is 0. The molecular weight excluding hydrogens is 382 g/mol. The summed E-state index contributed by atoms with van der Waals surface area (Å²) in [4.78, 5) is 38.2. The second-order valence-corrected chi connectivity index (χ2v) is 6.75. The lowest BCUT2D eigenvalue weighted by Gasteiger charge is -2.14. The van der Waals surface area contributed by atoms with Gasteiger partial charge in [0, 0.05) is 0 Å². The maximum atomic E-state index is 12.5. The summed E-state index contributed by atoms with van der Waals surface area (Å²) < 4.78 is 10.7. The first-order chi connectivity index (χ1) is 14.6. The average Bonchev–Trinajstić information content (AvgIpc) is 3.04. The Labute approximate surface area is 173 Å². The molecule has 0 bridgehead atoms. The molecule has 1 aliphatic rings. The molecule has 0 radical (unpaired) electrons. The van der Waals surface area contributed by atoms with E-state index in [2.05, 4.69) is 6.92 Å². The number of fused-ring (bicyclic) bond motifs is 1. The Balaban J connectivity index is 1.37. The smallest absolute Gasteiger partial charge is 0.349 e. The fourth-order valence-corrected chi connectivity index (χ4v) is 3.21. The highest BCUT2D eigenvalue weighted by Gasteiger charge is 2.36. The molecule has 30 heavy (non-hydrogen) atoms. The molecule has 6 nitrogen and oxygen atoms in total. The zero-order valence-corrected chi connectivity index (χ0v) is 16.3. The van der Waals surface area contributed by atoms with Crippen molar-refractivity contribution in [1.82, 2.24) is 0 Å². The van der Waals surface area contributed by atoms with Crippen LogP contribution in [-0.4, -0.2) is 24.4 Å². The van der Waals surface area contributed by atoms with Crippen molar-refractivity contribution in [2.45, 2.75) is 13.3 Å². The Bertz CT molecular complexity index is 1070. The highest BCUT2D eigenvalue weighted by atomic mass is 16.6. The first kappa shape index (κ1) is 19.4. The van der Waals surface area contributed by atoms with Gasteiger partial charge in [0.15, 0.2) is 6.61 Å². The van der Waals surface area contributed by atoms with Crippen LogP contribution in [0.4, 0.5) is 5.69 Å². The summed E-state index contributed by atoms with van der Waals surface area (Å²) in [5.41, 5.74) is 2.35. The van der Waals surface area contributed by atoms with Crippen molar-refractivity contribution >= 4 is 23.5 Å². The minimum atomic E-state index is -0.553. The van der Waals surface area contributed by atoms with Gasteiger partial charge in [-0.15, -0.1) is 0 Å². The highest BCUT2D eigenvalue weighted by molar-refractivity contribution is 6.34. The second kappa shape index (κ2) is 8.21. The van der Waals surface area contributed by atoms with Crippen LogP contribution in [-0.2, 0) is 11.2 Å². The molecule has 2 amide bonds. The second-order valence-electron chi connectivity index (χ2n) is 6.75. The molecular formula is C24H19NO5. The summed E-state index contributed by atoms with van der Waals surface area (Å²) in [5.74, 6) is -0.413. The number of anilines is 1. The molecule has 0 spiro atoms. The normalized spacial score (nSPS) is 12.6. The Morgan fingerprint density at radius 3 is 1.93 bits per heavy atom. The van der Waals surface area contributed by atoms with E-state index in [9.17, 15) is 14.4 Å². The van der Waals surface area contributed by atoms with Gasteiger partial charge in [-0.2, -0.15) is 0 Å². The number of amides is 2. The number of rotatable bonds is 6. The van der Waals surface area contributed by atoms with Crippen molar-refractivity contribution in [1.29, 1.82) is 0 Å². The number of benzene rings is 3. The van der Waals surface area contributed by atoms with Crippen molar-refractivity contribution in [2.75, 3.05) is 11.5 Å². The van der Waals surface area contributed by atoms with Crippen molar-refractivity contribution in [3.8, 4) is 11.5 Å². The summed E-state index contributed by atoms with van der Waals surface area (Å²) in [6, 6.07) is 20.4. The molecule has 0 atom stereocenters. The molecule has 0 saturated heterocycles. The van der Waals surface area contributed by atoms with Crippen LogP contribution in [0.1, 0.15) is 33.2 Å². The Morgan fingerprint density at radius 1 is 0.800 bits per heavy atom. The standard InChI is InChI=1S/C24H19NO5/c1-2-16-7-11-18(12-8-16)29-15-22(26)30-19-13-9-17(10-14-19)25-23(27)20-5-3-4-6-21(20)24(25)28/h3-14H,2,15H2,1H3. The van der Waals surface area contributed by atoms with Crippen LogP contribution in [0.15, 0.2) is 72.8 Å². The fourth-order valence-electron chi connectivity index (χ4n) is 3.21. The molecule has 0 fully saturated rings. The van der Waals surface area contributed by atoms with Crippen molar-refractivity contribution in [3.63, 3.8) is 0 Å². The fraction of sp³-hybridized carbons (Fsp3) is 0.125. The molecule has 3 aromatic rings. The van der Waals surface area contributed by atoms with E-state index < -0.39 is 5.97 Å². The Hall–Kier alpha value is -3.93. The van der Waals surface area contributed by atoms with Gasteiger partial charge in [0.1, 0.15) is 11.5 Å². The third-order valence-electron chi connectivity index (χ3n) is 4.81. The summed E-state index contributed by atoms with van der Waals surface area (Å²) >= 11 is 0. The lowest BCUT2D eigenvalue weighted by molar-refractivity contribution is -0.136. The van der Waals surface area contributed by atoms with Crippen LogP contribution in [0.3, 0.4) is 0 Å². The van der Waals surface area contributed by atoms with E-state index in [4.69, 9.17) is 9.47 Å². The minimum Gasteiger partial charge on any atom is -0.482 e. The zero-order chi connectivity index (χ0) is 21.1. The molecule has 150 valence electrons. The molecule has 0 unspecified atom stereocenters.